The van der Waals surface area contributed by atoms with E-state index in [1.54, 1.807) is 0 Å². The molecule has 4 saturated carbocycles. The quantitative estimate of drug-likeness (QED) is 0.495. The minimum atomic E-state index is -0.248. The molecule has 20 heavy (non-hydrogen) atoms. The number of nitrogens with two attached hydrogens (primary N) is 1. The zero-order chi connectivity index (χ0) is 13.9. The molecule has 0 unspecified atom stereocenters. The van der Waals surface area contributed by atoms with Crippen LogP contribution in [0.4, 0.5) is 0 Å². The molecule has 0 spiro atoms. The molecule has 4 aliphatic rings. The van der Waals surface area contributed by atoms with E-state index in [4.69, 9.17) is 10.3 Å². The number of hydrazine groups is 1. The van der Waals surface area contributed by atoms with Gasteiger partial charge in [0.1, 0.15) is 11.5 Å². The molecular formula is C16H22N2O2. The van der Waals surface area contributed by atoms with Gasteiger partial charge >= 0.3 is 0 Å². The van der Waals surface area contributed by atoms with Crippen molar-refractivity contribution in [2.24, 2.45) is 23.6 Å². The second-order valence-corrected chi connectivity index (χ2v) is 7.25. The molecule has 1 aromatic rings. The lowest BCUT2D eigenvalue weighted by atomic mass is 9.49. The van der Waals surface area contributed by atoms with Crippen LogP contribution < -0.4 is 11.3 Å². The summed E-state index contributed by atoms with van der Waals surface area (Å²) in [6.07, 6.45) is 7.97. The highest BCUT2D eigenvalue weighted by Crippen LogP contribution is 2.61. The second-order valence-electron chi connectivity index (χ2n) is 7.25. The van der Waals surface area contributed by atoms with E-state index < -0.39 is 0 Å². The molecule has 0 aliphatic heterocycles. The Labute approximate surface area is 119 Å². The number of hydrogen-bond acceptors (Lipinski definition) is 3. The summed E-state index contributed by atoms with van der Waals surface area (Å²) in [5.41, 5.74) is 3.01. The minimum absolute atomic E-state index is 0.201. The molecule has 4 heteroatoms. The van der Waals surface area contributed by atoms with Crippen molar-refractivity contribution in [1.29, 1.82) is 0 Å². The maximum atomic E-state index is 11.8. The van der Waals surface area contributed by atoms with Crippen LogP contribution in [0.25, 0.3) is 0 Å². The van der Waals surface area contributed by atoms with Gasteiger partial charge in [0.2, 0.25) is 0 Å². The summed E-state index contributed by atoms with van der Waals surface area (Å²) in [7, 11) is 0. The van der Waals surface area contributed by atoms with Crippen LogP contribution in [0.15, 0.2) is 10.5 Å². The van der Waals surface area contributed by atoms with Crippen molar-refractivity contribution in [2.45, 2.75) is 50.9 Å². The van der Waals surface area contributed by atoms with Crippen molar-refractivity contribution >= 4 is 5.91 Å². The Morgan fingerprint density at radius 1 is 1.25 bits per heavy atom. The Morgan fingerprint density at radius 3 is 2.30 bits per heavy atom. The van der Waals surface area contributed by atoms with Gasteiger partial charge in [-0.05, 0) is 69.3 Å². The Hall–Kier alpha value is -1.29. The molecule has 3 N–H and O–H groups in total. The number of carbonyl (C=O) groups excluding carboxylic acids is 1. The van der Waals surface area contributed by atoms with Crippen molar-refractivity contribution in [1.82, 2.24) is 5.43 Å². The van der Waals surface area contributed by atoms with Gasteiger partial charge in [0.05, 0.1) is 5.56 Å². The number of nitrogens with one attached hydrogen (secondary N) is 1. The molecule has 1 heterocycles. The number of amides is 1. The third-order valence-corrected chi connectivity index (χ3v) is 5.85. The van der Waals surface area contributed by atoms with Gasteiger partial charge in [-0.3, -0.25) is 10.2 Å². The van der Waals surface area contributed by atoms with E-state index in [0.29, 0.717) is 11.3 Å². The summed E-state index contributed by atoms with van der Waals surface area (Å²) in [6.45, 7) is 1.86. The Balaban J connectivity index is 1.72. The molecule has 0 radical (unpaired) electrons. The van der Waals surface area contributed by atoms with Crippen LogP contribution in [0.3, 0.4) is 0 Å². The number of furan rings is 1. The number of rotatable bonds is 2. The van der Waals surface area contributed by atoms with Crippen LogP contribution in [-0.4, -0.2) is 5.91 Å². The Morgan fingerprint density at radius 2 is 1.80 bits per heavy atom. The molecule has 4 nitrogen and oxygen atoms in total. The molecule has 1 amide bonds. The highest BCUT2D eigenvalue weighted by molar-refractivity contribution is 5.94. The fraction of sp³-hybridized carbons (Fsp3) is 0.688. The van der Waals surface area contributed by atoms with Crippen LogP contribution in [0.1, 0.15) is 60.4 Å². The third-order valence-electron chi connectivity index (χ3n) is 5.85. The molecule has 4 fully saturated rings. The van der Waals surface area contributed by atoms with Crippen molar-refractivity contribution < 1.29 is 9.21 Å². The second kappa shape index (κ2) is 4.10. The first-order chi connectivity index (χ1) is 9.59. The van der Waals surface area contributed by atoms with Gasteiger partial charge < -0.3 is 4.42 Å². The van der Waals surface area contributed by atoms with Crippen LogP contribution in [0.2, 0.25) is 0 Å². The Bertz CT molecular complexity index is 526. The van der Waals surface area contributed by atoms with Crippen molar-refractivity contribution in [3.63, 3.8) is 0 Å². The van der Waals surface area contributed by atoms with Crippen LogP contribution in [-0.2, 0) is 5.41 Å². The zero-order valence-electron chi connectivity index (χ0n) is 11.9. The predicted molar refractivity (Wildman–Crippen MR) is 74.9 cm³/mol. The van der Waals surface area contributed by atoms with Gasteiger partial charge in [-0.2, -0.15) is 0 Å². The van der Waals surface area contributed by atoms with E-state index in [9.17, 15) is 4.79 Å². The van der Waals surface area contributed by atoms with Gasteiger partial charge in [0, 0.05) is 5.41 Å². The largest absolute Gasteiger partial charge is 0.465 e. The van der Waals surface area contributed by atoms with E-state index in [1.165, 1.54) is 38.5 Å². The standard InChI is InChI=1S/C16H22N2O2/c1-9-13(15(19)18-17)5-14(20-9)16-6-10-2-11(7-16)4-12(3-10)8-16/h5,10-12H,2-4,6-8,17H2,1H3,(H,18,19). The molecular weight excluding hydrogens is 252 g/mol. The third kappa shape index (κ3) is 1.67. The monoisotopic (exact) mass is 274 g/mol. The normalized spacial score (nSPS) is 38.2. The van der Waals surface area contributed by atoms with Crippen LogP contribution in [0.5, 0.6) is 0 Å². The SMILES string of the molecule is Cc1oc(C23CC4CC(CC(C4)C2)C3)cc1C(=O)NN. The van der Waals surface area contributed by atoms with E-state index in [0.717, 1.165) is 23.5 Å². The summed E-state index contributed by atoms with van der Waals surface area (Å²) >= 11 is 0. The van der Waals surface area contributed by atoms with Gasteiger partial charge in [0.25, 0.3) is 5.91 Å². The first kappa shape index (κ1) is 12.5. The Kier molecular flexibility index (Phi) is 2.56. The fourth-order valence-electron chi connectivity index (χ4n) is 5.46. The minimum Gasteiger partial charge on any atom is -0.465 e. The summed E-state index contributed by atoms with van der Waals surface area (Å²) in [5, 5.41) is 0. The fourth-order valence-corrected chi connectivity index (χ4v) is 5.46. The number of carbonyl (C=O) groups is 1. The predicted octanol–water partition coefficient (Wildman–Crippen LogP) is 2.66. The van der Waals surface area contributed by atoms with Crippen molar-refractivity contribution in [3.05, 3.63) is 23.2 Å². The maximum absolute atomic E-state index is 11.8. The lowest BCUT2D eigenvalue weighted by Crippen LogP contribution is -2.48. The molecule has 1 aromatic heterocycles. The molecule has 5 rings (SSSR count). The van der Waals surface area contributed by atoms with Gasteiger partial charge in [-0.1, -0.05) is 0 Å². The van der Waals surface area contributed by atoms with Crippen LogP contribution in [0, 0.1) is 24.7 Å². The zero-order valence-corrected chi connectivity index (χ0v) is 11.9. The van der Waals surface area contributed by atoms with Gasteiger partial charge in [0.15, 0.2) is 0 Å². The van der Waals surface area contributed by atoms with E-state index in [2.05, 4.69) is 5.43 Å². The highest BCUT2D eigenvalue weighted by atomic mass is 16.3. The van der Waals surface area contributed by atoms with E-state index in [-0.39, 0.29) is 11.3 Å². The lowest BCUT2D eigenvalue weighted by Gasteiger charge is -2.55. The van der Waals surface area contributed by atoms with Crippen LogP contribution >= 0.6 is 0 Å². The summed E-state index contributed by atoms with van der Waals surface area (Å²) in [5.74, 6) is 9.35. The van der Waals surface area contributed by atoms with Gasteiger partial charge in [-0.15, -0.1) is 0 Å². The summed E-state index contributed by atoms with van der Waals surface area (Å²) in [4.78, 5) is 11.8. The number of hydrogen-bond donors (Lipinski definition) is 2. The first-order valence-electron chi connectivity index (χ1n) is 7.71. The smallest absolute Gasteiger partial charge is 0.268 e. The maximum Gasteiger partial charge on any atom is 0.268 e. The number of aryl methyl sites for hydroxylation is 1. The highest BCUT2D eigenvalue weighted by Gasteiger charge is 2.53. The molecule has 108 valence electrons. The molecule has 4 aliphatic carbocycles. The number of nitrogen functional groups attached to an aromatic ring is 1. The van der Waals surface area contributed by atoms with Crippen molar-refractivity contribution in [3.8, 4) is 0 Å². The summed E-state index contributed by atoms with van der Waals surface area (Å²) < 4.78 is 6.01. The molecule has 4 bridgehead atoms. The lowest BCUT2D eigenvalue weighted by molar-refractivity contribution is -0.0154. The first-order valence-corrected chi connectivity index (χ1v) is 7.71. The average molecular weight is 274 g/mol. The summed E-state index contributed by atoms with van der Waals surface area (Å²) in [6, 6.07) is 1.95. The van der Waals surface area contributed by atoms with Gasteiger partial charge in [-0.25, -0.2) is 5.84 Å². The van der Waals surface area contributed by atoms with E-state index in [1.807, 2.05) is 13.0 Å². The molecule has 0 aromatic carbocycles. The van der Waals surface area contributed by atoms with E-state index >= 15 is 0 Å². The topological polar surface area (TPSA) is 68.3 Å². The average Bonchev–Trinajstić information content (AvgIpc) is 2.79. The molecule has 0 atom stereocenters. The molecule has 0 saturated heterocycles. The van der Waals surface area contributed by atoms with Crippen molar-refractivity contribution in [2.75, 3.05) is 0 Å².